The molecular formula is C14H16BrFN4O. The third-order valence-electron chi connectivity index (χ3n) is 2.60. The molecule has 7 heteroatoms. The van der Waals surface area contributed by atoms with Gasteiger partial charge in [-0.15, -0.1) is 0 Å². The number of hydrogen-bond donors (Lipinski definition) is 2. The summed E-state index contributed by atoms with van der Waals surface area (Å²) in [6, 6.07) is 6.21. The topological polar surface area (TPSA) is 59.1 Å². The maximum absolute atomic E-state index is 13.1. The first-order valence-corrected chi connectivity index (χ1v) is 7.24. The minimum absolute atomic E-state index is 0.302. The number of methoxy groups -OCH3 is 1. The van der Waals surface area contributed by atoms with Crippen molar-refractivity contribution in [2.45, 2.75) is 13.5 Å². The molecule has 0 aliphatic heterocycles. The number of nitrogens with one attached hydrogen (secondary N) is 2. The van der Waals surface area contributed by atoms with Crippen LogP contribution in [0.2, 0.25) is 0 Å². The van der Waals surface area contributed by atoms with Crippen LogP contribution in [0.4, 0.5) is 21.7 Å². The Morgan fingerprint density at radius 3 is 2.67 bits per heavy atom. The van der Waals surface area contributed by atoms with E-state index in [0.717, 1.165) is 12.2 Å². The zero-order valence-corrected chi connectivity index (χ0v) is 13.4. The van der Waals surface area contributed by atoms with Crippen LogP contribution in [0.3, 0.4) is 0 Å². The molecule has 21 heavy (non-hydrogen) atoms. The summed E-state index contributed by atoms with van der Waals surface area (Å²) in [5.74, 6) is 1.58. The zero-order valence-electron chi connectivity index (χ0n) is 11.8. The van der Waals surface area contributed by atoms with Gasteiger partial charge < -0.3 is 15.4 Å². The molecule has 0 aliphatic carbocycles. The molecule has 1 heterocycles. The maximum atomic E-state index is 13.1. The molecule has 1 aromatic heterocycles. The fourth-order valence-electron chi connectivity index (χ4n) is 1.76. The van der Waals surface area contributed by atoms with Crippen LogP contribution in [0.15, 0.2) is 28.7 Å². The van der Waals surface area contributed by atoms with Gasteiger partial charge in [0.25, 0.3) is 0 Å². The van der Waals surface area contributed by atoms with Gasteiger partial charge in [-0.2, -0.15) is 0 Å². The van der Waals surface area contributed by atoms with Crippen LogP contribution in [0.1, 0.15) is 12.7 Å². The van der Waals surface area contributed by atoms with Crippen molar-refractivity contribution in [2.75, 3.05) is 24.3 Å². The van der Waals surface area contributed by atoms with Crippen molar-refractivity contribution in [3.05, 3.63) is 40.4 Å². The highest BCUT2D eigenvalue weighted by atomic mass is 79.9. The predicted octanol–water partition coefficient (Wildman–Crippen LogP) is 3.70. The van der Waals surface area contributed by atoms with Crippen molar-refractivity contribution in [1.29, 1.82) is 0 Å². The van der Waals surface area contributed by atoms with Crippen LogP contribution in [0.25, 0.3) is 0 Å². The minimum atomic E-state index is -0.302. The first-order valence-electron chi connectivity index (χ1n) is 6.45. The van der Waals surface area contributed by atoms with Crippen molar-refractivity contribution in [3.63, 3.8) is 0 Å². The largest absolute Gasteiger partial charge is 0.377 e. The summed E-state index contributed by atoms with van der Waals surface area (Å²) in [4.78, 5) is 8.69. The van der Waals surface area contributed by atoms with Gasteiger partial charge in [-0.05, 0) is 41.1 Å². The summed E-state index contributed by atoms with van der Waals surface area (Å²) >= 11 is 3.32. The maximum Gasteiger partial charge on any atom is 0.158 e. The highest BCUT2D eigenvalue weighted by Gasteiger charge is 2.07. The molecular weight excluding hydrogens is 339 g/mol. The lowest BCUT2D eigenvalue weighted by Crippen LogP contribution is -2.07. The van der Waals surface area contributed by atoms with Gasteiger partial charge in [0.15, 0.2) is 5.82 Å². The number of ether oxygens (including phenoxy) is 1. The van der Waals surface area contributed by atoms with Gasteiger partial charge in [0, 0.05) is 24.2 Å². The molecule has 0 atom stereocenters. The van der Waals surface area contributed by atoms with Crippen molar-refractivity contribution in [3.8, 4) is 0 Å². The van der Waals surface area contributed by atoms with E-state index in [2.05, 4.69) is 36.5 Å². The lowest BCUT2D eigenvalue weighted by molar-refractivity contribution is 0.178. The molecule has 0 saturated heterocycles. The summed E-state index contributed by atoms with van der Waals surface area (Å²) in [6.07, 6.45) is 0. The Hall–Kier alpha value is -1.73. The number of nitrogens with zero attached hydrogens (tertiary/aromatic N) is 2. The standard InChI is InChI=1S/C14H16BrFN4O/c1-3-17-12-7-13(20-14(19-12)8-21-2)18-11-5-4-9(16)6-10(11)15/h4-7H,3,8H2,1-2H3,(H2,17,18,19,20). The van der Waals surface area contributed by atoms with Crippen LogP contribution in [0, 0.1) is 5.82 Å². The molecule has 5 nitrogen and oxygen atoms in total. The molecule has 0 amide bonds. The second-order valence-corrected chi connectivity index (χ2v) is 5.12. The van der Waals surface area contributed by atoms with E-state index in [1.165, 1.54) is 12.1 Å². The molecule has 0 saturated carbocycles. The smallest absolute Gasteiger partial charge is 0.158 e. The quantitative estimate of drug-likeness (QED) is 0.828. The van der Waals surface area contributed by atoms with Crippen LogP contribution >= 0.6 is 15.9 Å². The van der Waals surface area contributed by atoms with Crippen LogP contribution < -0.4 is 10.6 Å². The van der Waals surface area contributed by atoms with Crippen LogP contribution in [0.5, 0.6) is 0 Å². The molecule has 0 radical (unpaired) electrons. The number of aromatic nitrogens is 2. The van der Waals surface area contributed by atoms with Crippen molar-refractivity contribution < 1.29 is 9.13 Å². The molecule has 112 valence electrons. The van der Waals surface area contributed by atoms with Crippen molar-refractivity contribution in [1.82, 2.24) is 9.97 Å². The van der Waals surface area contributed by atoms with Gasteiger partial charge in [0.1, 0.15) is 24.1 Å². The van der Waals surface area contributed by atoms with Crippen molar-refractivity contribution >= 4 is 33.3 Å². The highest BCUT2D eigenvalue weighted by Crippen LogP contribution is 2.26. The fourth-order valence-corrected chi connectivity index (χ4v) is 2.21. The molecule has 0 spiro atoms. The Morgan fingerprint density at radius 2 is 2.00 bits per heavy atom. The lowest BCUT2D eigenvalue weighted by atomic mass is 10.3. The number of halogens is 2. The number of hydrogen-bond acceptors (Lipinski definition) is 5. The van der Waals surface area contributed by atoms with E-state index >= 15 is 0 Å². The van der Waals surface area contributed by atoms with E-state index in [-0.39, 0.29) is 5.82 Å². The third kappa shape index (κ3) is 4.37. The van der Waals surface area contributed by atoms with Crippen LogP contribution in [-0.4, -0.2) is 23.6 Å². The Labute approximate surface area is 131 Å². The van der Waals surface area contributed by atoms with Gasteiger partial charge in [-0.1, -0.05) is 0 Å². The second-order valence-electron chi connectivity index (χ2n) is 4.27. The van der Waals surface area contributed by atoms with E-state index in [1.807, 2.05) is 6.92 Å². The zero-order chi connectivity index (χ0) is 15.2. The molecule has 2 N–H and O–H groups in total. The van der Waals surface area contributed by atoms with Gasteiger partial charge >= 0.3 is 0 Å². The van der Waals surface area contributed by atoms with Gasteiger partial charge in [-0.3, -0.25) is 0 Å². The molecule has 0 bridgehead atoms. The molecule has 2 rings (SSSR count). The van der Waals surface area contributed by atoms with Gasteiger partial charge in [-0.25, -0.2) is 14.4 Å². The lowest BCUT2D eigenvalue weighted by Gasteiger charge is -2.11. The summed E-state index contributed by atoms with van der Waals surface area (Å²) in [5.41, 5.74) is 0.723. The minimum Gasteiger partial charge on any atom is -0.377 e. The van der Waals surface area contributed by atoms with E-state index < -0.39 is 0 Å². The first kappa shape index (κ1) is 15.7. The Balaban J connectivity index is 2.29. The Bertz CT molecular complexity index is 600. The molecule has 0 fully saturated rings. The molecule has 2 aromatic rings. The van der Waals surface area contributed by atoms with Gasteiger partial charge in [0.2, 0.25) is 0 Å². The fraction of sp³-hybridized carbons (Fsp3) is 0.286. The second kappa shape index (κ2) is 7.33. The summed E-state index contributed by atoms with van der Waals surface area (Å²) in [5, 5.41) is 6.27. The van der Waals surface area contributed by atoms with E-state index in [9.17, 15) is 4.39 Å². The molecule has 0 aliphatic rings. The summed E-state index contributed by atoms with van der Waals surface area (Å²) < 4.78 is 18.8. The first-order chi connectivity index (χ1) is 10.1. The third-order valence-corrected chi connectivity index (χ3v) is 3.25. The number of rotatable bonds is 6. The number of benzene rings is 1. The van der Waals surface area contributed by atoms with E-state index in [1.54, 1.807) is 19.2 Å². The predicted molar refractivity (Wildman–Crippen MR) is 84.3 cm³/mol. The Kier molecular flexibility index (Phi) is 5.46. The summed E-state index contributed by atoms with van der Waals surface area (Å²) in [6.45, 7) is 3.06. The Morgan fingerprint density at radius 1 is 1.24 bits per heavy atom. The highest BCUT2D eigenvalue weighted by molar-refractivity contribution is 9.10. The normalized spacial score (nSPS) is 10.5. The van der Waals surface area contributed by atoms with Crippen molar-refractivity contribution in [2.24, 2.45) is 0 Å². The summed E-state index contributed by atoms with van der Waals surface area (Å²) in [7, 11) is 1.59. The SMILES string of the molecule is CCNc1cc(Nc2ccc(F)cc2Br)nc(COC)n1. The monoisotopic (exact) mass is 354 g/mol. The van der Waals surface area contributed by atoms with Crippen LogP contribution in [-0.2, 0) is 11.3 Å². The van der Waals surface area contributed by atoms with Gasteiger partial charge in [0.05, 0.1) is 5.69 Å². The average Bonchev–Trinajstić information content (AvgIpc) is 2.42. The molecule has 0 unspecified atom stereocenters. The van der Waals surface area contributed by atoms with E-state index in [4.69, 9.17) is 4.74 Å². The number of anilines is 3. The average molecular weight is 355 g/mol. The molecule has 1 aromatic carbocycles. The van der Waals surface area contributed by atoms with E-state index in [0.29, 0.717) is 28.5 Å².